The fourth-order valence-corrected chi connectivity index (χ4v) is 4.04. The van der Waals surface area contributed by atoms with Gasteiger partial charge in [0.25, 0.3) is 5.56 Å². The Kier molecular flexibility index (Phi) is 4.49. The van der Waals surface area contributed by atoms with E-state index in [0.29, 0.717) is 48.7 Å². The molecule has 30 heavy (non-hydrogen) atoms. The maximum absolute atomic E-state index is 12.6. The number of nitrogens with one attached hydrogen (secondary N) is 3. The van der Waals surface area contributed by atoms with Gasteiger partial charge in [-0.05, 0) is 30.3 Å². The molecule has 5 rings (SSSR count). The third-order valence-corrected chi connectivity index (χ3v) is 5.43. The predicted molar refractivity (Wildman–Crippen MR) is 123 cm³/mol. The average Bonchev–Trinajstić information content (AvgIpc) is 3.26. The van der Waals surface area contributed by atoms with Gasteiger partial charge in [0.05, 0.1) is 32.3 Å². The van der Waals surface area contributed by atoms with Crippen molar-refractivity contribution in [2.75, 3.05) is 5.32 Å². The first-order chi connectivity index (χ1) is 14.5. The first-order valence-corrected chi connectivity index (χ1v) is 9.73. The van der Waals surface area contributed by atoms with E-state index < -0.39 is 0 Å². The molecule has 3 aromatic heterocycles. The number of halogens is 2. The van der Waals surface area contributed by atoms with Crippen LogP contribution in [0.1, 0.15) is 0 Å². The molecule has 0 saturated carbocycles. The molecule has 3 N–H and O–H groups in total. The molecule has 0 aliphatic rings. The molecule has 0 unspecified atom stereocenters. The third-order valence-electron chi connectivity index (χ3n) is 4.84. The topological polar surface area (TPSA) is 86.5 Å². The Morgan fingerprint density at radius 1 is 1.00 bits per heavy atom. The van der Waals surface area contributed by atoms with Gasteiger partial charge >= 0.3 is 0 Å². The SMILES string of the molecule is [B]c1ccc2nc(Nc3c(Cl)cc(-c4ccn[nH]4)cc3Cl)c3cc[nH]c(=O)c3c2c1. The van der Waals surface area contributed by atoms with Gasteiger partial charge in [-0.15, -0.1) is 0 Å². The third kappa shape index (κ3) is 3.12. The zero-order valence-electron chi connectivity index (χ0n) is 15.3. The van der Waals surface area contributed by atoms with Crippen LogP contribution in [0.15, 0.2) is 59.7 Å². The molecular formula is C21H12BCl2N5O. The van der Waals surface area contributed by atoms with Crippen LogP contribution in [0, 0.1) is 0 Å². The average molecular weight is 432 g/mol. The number of nitrogens with zero attached hydrogens (tertiary/aromatic N) is 2. The van der Waals surface area contributed by atoms with E-state index in [0.717, 1.165) is 11.3 Å². The standard InChI is InChI=1S/C21H12BCl2N5O/c22-11-1-2-17-13(9-11)18-12(3-5-25-21(18)30)20(27-17)28-19-14(23)7-10(8-15(19)24)16-4-6-26-29-16/h1-9H,(H,25,30)(H,26,29)(H,27,28). The van der Waals surface area contributed by atoms with E-state index in [1.807, 2.05) is 6.07 Å². The molecule has 0 spiro atoms. The minimum absolute atomic E-state index is 0.236. The van der Waals surface area contributed by atoms with Crippen LogP contribution in [0.5, 0.6) is 0 Å². The van der Waals surface area contributed by atoms with Crippen LogP contribution in [0.25, 0.3) is 32.9 Å². The van der Waals surface area contributed by atoms with Crippen molar-refractivity contribution in [2.24, 2.45) is 0 Å². The van der Waals surface area contributed by atoms with E-state index in [1.54, 1.807) is 48.8 Å². The Morgan fingerprint density at radius 2 is 1.80 bits per heavy atom. The zero-order valence-corrected chi connectivity index (χ0v) is 16.8. The van der Waals surface area contributed by atoms with Crippen LogP contribution in [0.3, 0.4) is 0 Å². The number of H-pyrrole nitrogens is 2. The smallest absolute Gasteiger partial charge is 0.256 e. The van der Waals surface area contributed by atoms with Crippen LogP contribution in [0.4, 0.5) is 11.5 Å². The quantitative estimate of drug-likeness (QED) is 0.293. The van der Waals surface area contributed by atoms with Gasteiger partial charge in [0.1, 0.15) is 13.7 Å². The van der Waals surface area contributed by atoms with Crippen molar-refractivity contribution in [1.82, 2.24) is 20.2 Å². The first kappa shape index (κ1) is 18.7. The molecule has 5 aromatic rings. The molecule has 0 saturated heterocycles. The number of anilines is 2. The minimum Gasteiger partial charge on any atom is -0.337 e. The molecule has 0 aliphatic carbocycles. The highest BCUT2D eigenvalue weighted by molar-refractivity contribution is 6.40. The second-order valence-corrected chi connectivity index (χ2v) is 7.56. The maximum atomic E-state index is 12.6. The van der Waals surface area contributed by atoms with Gasteiger partial charge in [0.2, 0.25) is 0 Å². The van der Waals surface area contributed by atoms with E-state index >= 15 is 0 Å². The van der Waals surface area contributed by atoms with E-state index in [-0.39, 0.29) is 5.56 Å². The fraction of sp³-hybridized carbons (Fsp3) is 0. The van der Waals surface area contributed by atoms with E-state index in [2.05, 4.69) is 25.5 Å². The summed E-state index contributed by atoms with van der Waals surface area (Å²) < 4.78 is 0. The van der Waals surface area contributed by atoms with E-state index in [9.17, 15) is 4.79 Å². The van der Waals surface area contributed by atoms with Gasteiger partial charge in [-0.3, -0.25) is 9.89 Å². The van der Waals surface area contributed by atoms with Gasteiger partial charge in [-0.1, -0.05) is 40.8 Å². The molecule has 0 aliphatic heterocycles. The Labute approximate surface area is 181 Å². The fourth-order valence-electron chi connectivity index (χ4n) is 3.45. The molecule has 9 heteroatoms. The number of hydrogen-bond acceptors (Lipinski definition) is 4. The molecule has 3 heterocycles. The van der Waals surface area contributed by atoms with Gasteiger partial charge in [0.15, 0.2) is 0 Å². The molecule has 0 fully saturated rings. The van der Waals surface area contributed by atoms with Crippen molar-refractivity contribution in [2.45, 2.75) is 0 Å². The van der Waals surface area contributed by atoms with E-state index in [1.165, 1.54) is 0 Å². The number of benzene rings is 2. The summed E-state index contributed by atoms with van der Waals surface area (Å²) in [6.07, 6.45) is 3.22. The summed E-state index contributed by atoms with van der Waals surface area (Å²) in [5.41, 5.74) is 3.03. The summed E-state index contributed by atoms with van der Waals surface area (Å²) >= 11 is 13.1. The lowest BCUT2D eigenvalue weighted by molar-refractivity contribution is 1.10. The van der Waals surface area contributed by atoms with Crippen molar-refractivity contribution in [3.05, 3.63) is 75.3 Å². The monoisotopic (exact) mass is 431 g/mol. The van der Waals surface area contributed by atoms with Crippen molar-refractivity contribution in [3.8, 4) is 11.3 Å². The molecule has 0 atom stereocenters. The Morgan fingerprint density at radius 3 is 2.53 bits per heavy atom. The molecule has 2 radical (unpaired) electrons. The van der Waals surface area contributed by atoms with E-state index in [4.69, 9.17) is 31.0 Å². The lowest BCUT2D eigenvalue weighted by atomic mass is 9.93. The van der Waals surface area contributed by atoms with Gasteiger partial charge < -0.3 is 10.3 Å². The Balaban J connectivity index is 1.70. The highest BCUT2D eigenvalue weighted by Gasteiger charge is 2.15. The highest BCUT2D eigenvalue weighted by Crippen LogP contribution is 2.38. The molecular weight excluding hydrogens is 420 g/mol. The minimum atomic E-state index is -0.236. The number of fused-ring (bicyclic) bond motifs is 3. The summed E-state index contributed by atoms with van der Waals surface area (Å²) in [6, 6.07) is 12.4. The summed E-state index contributed by atoms with van der Waals surface area (Å²) in [7, 11) is 5.92. The van der Waals surface area contributed by atoms with Crippen LogP contribution in [-0.4, -0.2) is 28.0 Å². The molecule has 0 amide bonds. The number of hydrogen-bond donors (Lipinski definition) is 3. The van der Waals surface area contributed by atoms with Crippen molar-refractivity contribution >= 4 is 69.7 Å². The highest BCUT2D eigenvalue weighted by atomic mass is 35.5. The van der Waals surface area contributed by atoms with Crippen LogP contribution >= 0.6 is 23.2 Å². The van der Waals surface area contributed by atoms with Crippen molar-refractivity contribution < 1.29 is 0 Å². The molecule has 2 aromatic carbocycles. The summed E-state index contributed by atoms with van der Waals surface area (Å²) in [4.78, 5) is 20.0. The number of rotatable bonds is 3. The Bertz CT molecular complexity index is 1460. The predicted octanol–water partition coefficient (Wildman–Crippen LogP) is 4.31. The molecule has 144 valence electrons. The van der Waals surface area contributed by atoms with Gasteiger partial charge in [-0.2, -0.15) is 5.10 Å². The number of pyridine rings is 2. The van der Waals surface area contributed by atoms with Crippen molar-refractivity contribution in [3.63, 3.8) is 0 Å². The Hall–Kier alpha value is -3.29. The summed E-state index contributed by atoms with van der Waals surface area (Å²) in [6.45, 7) is 0. The number of aromatic amines is 2. The van der Waals surface area contributed by atoms with Crippen molar-refractivity contribution in [1.29, 1.82) is 0 Å². The molecule has 6 nitrogen and oxygen atoms in total. The normalized spacial score (nSPS) is 11.3. The van der Waals surface area contributed by atoms with Gasteiger partial charge in [-0.25, -0.2) is 4.98 Å². The first-order valence-electron chi connectivity index (χ1n) is 8.98. The second-order valence-electron chi connectivity index (χ2n) is 6.74. The summed E-state index contributed by atoms with van der Waals surface area (Å²) in [5, 5.41) is 12.6. The lowest BCUT2D eigenvalue weighted by Gasteiger charge is -2.15. The largest absolute Gasteiger partial charge is 0.337 e. The zero-order chi connectivity index (χ0) is 20.8. The molecule has 0 bridgehead atoms. The van der Waals surface area contributed by atoms with Crippen LogP contribution < -0.4 is 16.3 Å². The van der Waals surface area contributed by atoms with Gasteiger partial charge in [0, 0.05) is 28.7 Å². The lowest BCUT2D eigenvalue weighted by Crippen LogP contribution is -2.10. The number of aromatic nitrogens is 4. The maximum Gasteiger partial charge on any atom is 0.256 e. The second kappa shape index (κ2) is 7.20. The summed E-state index contributed by atoms with van der Waals surface area (Å²) in [5.74, 6) is 0.464. The van der Waals surface area contributed by atoms with Crippen LogP contribution in [-0.2, 0) is 0 Å². The van der Waals surface area contributed by atoms with Crippen LogP contribution in [0.2, 0.25) is 10.0 Å².